The molecule has 1 aromatic carbocycles. The standard InChI is InChI=1S/C15H20FNO2/c16-14-3-1-2-12(8-17-13-4-5-13)15(14)19-10-11-6-7-18-9-11/h1-3,11,13,17H,4-10H2. The molecule has 4 heteroatoms. The molecule has 2 aliphatic rings. The molecule has 0 spiro atoms. The lowest BCUT2D eigenvalue weighted by Gasteiger charge is -2.15. The Bertz CT molecular complexity index is 428. The van der Waals surface area contributed by atoms with Gasteiger partial charge in [0.05, 0.1) is 13.2 Å². The lowest BCUT2D eigenvalue weighted by Crippen LogP contribution is -2.18. The largest absolute Gasteiger partial charge is 0.490 e. The zero-order valence-corrected chi connectivity index (χ0v) is 11.0. The van der Waals surface area contributed by atoms with Crippen LogP contribution in [0.4, 0.5) is 4.39 Å². The molecule has 1 saturated carbocycles. The van der Waals surface area contributed by atoms with E-state index in [1.54, 1.807) is 6.07 Å². The van der Waals surface area contributed by atoms with Crippen LogP contribution in [0.25, 0.3) is 0 Å². The molecule has 3 nitrogen and oxygen atoms in total. The fourth-order valence-electron chi connectivity index (χ4n) is 2.31. The summed E-state index contributed by atoms with van der Waals surface area (Å²) in [5.74, 6) is 0.528. The number of benzene rings is 1. The third-order valence-corrected chi connectivity index (χ3v) is 3.69. The number of hydrogen-bond acceptors (Lipinski definition) is 3. The van der Waals surface area contributed by atoms with Gasteiger partial charge in [0.25, 0.3) is 0 Å². The summed E-state index contributed by atoms with van der Waals surface area (Å²) in [6, 6.07) is 5.74. The molecule has 1 saturated heterocycles. The van der Waals surface area contributed by atoms with Crippen LogP contribution >= 0.6 is 0 Å². The summed E-state index contributed by atoms with van der Waals surface area (Å²) in [6.07, 6.45) is 3.46. The van der Waals surface area contributed by atoms with Crippen LogP contribution in [0.5, 0.6) is 5.75 Å². The second kappa shape index (κ2) is 5.88. The number of ether oxygens (including phenoxy) is 2. The van der Waals surface area contributed by atoms with E-state index in [2.05, 4.69) is 5.32 Å². The minimum atomic E-state index is -0.269. The van der Waals surface area contributed by atoms with E-state index < -0.39 is 0 Å². The van der Waals surface area contributed by atoms with Crippen LogP contribution < -0.4 is 10.1 Å². The van der Waals surface area contributed by atoms with E-state index >= 15 is 0 Å². The molecule has 1 atom stereocenters. The van der Waals surface area contributed by atoms with Gasteiger partial charge in [0.15, 0.2) is 11.6 Å². The second-order valence-electron chi connectivity index (χ2n) is 5.42. The lowest BCUT2D eigenvalue weighted by atomic mass is 10.1. The molecular weight excluding hydrogens is 245 g/mol. The summed E-state index contributed by atoms with van der Waals surface area (Å²) in [6.45, 7) is 2.74. The van der Waals surface area contributed by atoms with Gasteiger partial charge in [-0.05, 0) is 25.3 Å². The first-order valence-corrected chi connectivity index (χ1v) is 7.04. The van der Waals surface area contributed by atoms with Gasteiger partial charge in [0.2, 0.25) is 0 Å². The smallest absolute Gasteiger partial charge is 0.165 e. The molecule has 0 amide bonds. The maximum atomic E-state index is 13.9. The van der Waals surface area contributed by atoms with Gasteiger partial charge in [-0.2, -0.15) is 0 Å². The molecule has 1 unspecified atom stereocenters. The number of hydrogen-bond donors (Lipinski definition) is 1. The topological polar surface area (TPSA) is 30.5 Å². The first kappa shape index (κ1) is 12.9. The van der Waals surface area contributed by atoms with E-state index in [0.717, 1.165) is 25.2 Å². The molecule has 1 aliphatic carbocycles. The summed E-state index contributed by atoms with van der Waals surface area (Å²) in [7, 11) is 0. The molecule has 1 heterocycles. The Hall–Kier alpha value is -1.13. The number of rotatable bonds is 6. The van der Waals surface area contributed by atoms with Crippen molar-refractivity contribution in [3.05, 3.63) is 29.6 Å². The highest BCUT2D eigenvalue weighted by atomic mass is 19.1. The second-order valence-corrected chi connectivity index (χ2v) is 5.42. The Morgan fingerprint density at radius 1 is 1.32 bits per heavy atom. The van der Waals surface area contributed by atoms with Crippen molar-refractivity contribution in [2.75, 3.05) is 19.8 Å². The molecule has 2 fully saturated rings. The fraction of sp³-hybridized carbons (Fsp3) is 0.600. The number of nitrogens with one attached hydrogen (secondary N) is 1. The monoisotopic (exact) mass is 265 g/mol. The lowest BCUT2D eigenvalue weighted by molar-refractivity contribution is 0.165. The van der Waals surface area contributed by atoms with E-state index in [4.69, 9.17) is 9.47 Å². The number of halogens is 1. The van der Waals surface area contributed by atoms with E-state index in [9.17, 15) is 4.39 Å². The summed E-state index contributed by atoms with van der Waals surface area (Å²) in [4.78, 5) is 0. The summed E-state index contributed by atoms with van der Waals surface area (Å²) in [5.41, 5.74) is 0.908. The van der Waals surface area contributed by atoms with Crippen LogP contribution in [0.3, 0.4) is 0 Å². The van der Waals surface area contributed by atoms with Gasteiger partial charge < -0.3 is 14.8 Å². The molecule has 104 valence electrons. The van der Waals surface area contributed by atoms with Gasteiger partial charge in [-0.1, -0.05) is 12.1 Å². The van der Waals surface area contributed by atoms with Crippen LogP contribution in [0.1, 0.15) is 24.8 Å². The minimum absolute atomic E-state index is 0.269. The fourth-order valence-corrected chi connectivity index (χ4v) is 2.31. The normalized spacial score (nSPS) is 22.7. The van der Waals surface area contributed by atoms with Gasteiger partial charge in [-0.3, -0.25) is 0 Å². The molecule has 19 heavy (non-hydrogen) atoms. The van der Waals surface area contributed by atoms with Crippen molar-refractivity contribution < 1.29 is 13.9 Å². The van der Waals surface area contributed by atoms with Crippen molar-refractivity contribution in [2.45, 2.75) is 31.8 Å². The minimum Gasteiger partial charge on any atom is -0.490 e. The van der Waals surface area contributed by atoms with E-state index in [0.29, 0.717) is 30.9 Å². The van der Waals surface area contributed by atoms with Crippen molar-refractivity contribution in [2.24, 2.45) is 5.92 Å². The maximum absolute atomic E-state index is 13.9. The highest BCUT2D eigenvalue weighted by molar-refractivity contribution is 5.35. The van der Waals surface area contributed by atoms with Crippen LogP contribution in [-0.2, 0) is 11.3 Å². The van der Waals surface area contributed by atoms with Gasteiger partial charge in [-0.25, -0.2) is 4.39 Å². The van der Waals surface area contributed by atoms with Crippen molar-refractivity contribution in [3.8, 4) is 5.75 Å². The molecular formula is C15H20FNO2. The van der Waals surface area contributed by atoms with Crippen LogP contribution in [0.15, 0.2) is 18.2 Å². The molecule has 0 radical (unpaired) electrons. The van der Waals surface area contributed by atoms with E-state index in [1.807, 2.05) is 6.07 Å². The Labute approximate surface area is 113 Å². The third-order valence-electron chi connectivity index (χ3n) is 3.69. The van der Waals surface area contributed by atoms with Crippen LogP contribution in [0.2, 0.25) is 0 Å². The summed E-state index contributed by atoms with van der Waals surface area (Å²) >= 11 is 0. The Morgan fingerprint density at radius 2 is 2.21 bits per heavy atom. The van der Waals surface area contributed by atoms with Gasteiger partial charge in [0, 0.05) is 30.7 Å². The predicted molar refractivity (Wildman–Crippen MR) is 70.7 cm³/mol. The van der Waals surface area contributed by atoms with Crippen LogP contribution in [0, 0.1) is 11.7 Å². The van der Waals surface area contributed by atoms with E-state index in [-0.39, 0.29) is 5.82 Å². The summed E-state index contributed by atoms with van der Waals surface area (Å²) in [5, 5.41) is 3.40. The third kappa shape index (κ3) is 3.45. The average Bonchev–Trinajstić information content (AvgIpc) is 3.10. The molecule has 1 aromatic rings. The SMILES string of the molecule is Fc1cccc(CNC2CC2)c1OCC1CCOC1. The molecule has 0 bridgehead atoms. The van der Waals surface area contributed by atoms with Crippen molar-refractivity contribution >= 4 is 0 Å². The van der Waals surface area contributed by atoms with Crippen molar-refractivity contribution in [3.63, 3.8) is 0 Å². The van der Waals surface area contributed by atoms with Crippen molar-refractivity contribution in [1.82, 2.24) is 5.32 Å². The quantitative estimate of drug-likeness (QED) is 0.857. The predicted octanol–water partition coefficient (Wildman–Crippen LogP) is 2.49. The highest BCUT2D eigenvalue weighted by Crippen LogP contribution is 2.26. The zero-order chi connectivity index (χ0) is 13.1. The van der Waals surface area contributed by atoms with Gasteiger partial charge in [0.1, 0.15) is 0 Å². The summed E-state index contributed by atoms with van der Waals surface area (Å²) < 4.78 is 24.9. The van der Waals surface area contributed by atoms with Crippen LogP contribution in [-0.4, -0.2) is 25.9 Å². The van der Waals surface area contributed by atoms with E-state index in [1.165, 1.54) is 18.9 Å². The highest BCUT2D eigenvalue weighted by Gasteiger charge is 2.22. The molecule has 0 aromatic heterocycles. The maximum Gasteiger partial charge on any atom is 0.165 e. The Balaban J connectivity index is 1.62. The Kier molecular flexibility index (Phi) is 3.99. The van der Waals surface area contributed by atoms with Crippen molar-refractivity contribution in [1.29, 1.82) is 0 Å². The zero-order valence-electron chi connectivity index (χ0n) is 11.0. The average molecular weight is 265 g/mol. The first-order valence-electron chi connectivity index (χ1n) is 7.04. The molecule has 1 N–H and O–H groups in total. The van der Waals surface area contributed by atoms with Gasteiger partial charge in [-0.15, -0.1) is 0 Å². The van der Waals surface area contributed by atoms with Gasteiger partial charge >= 0.3 is 0 Å². The molecule has 1 aliphatic heterocycles. The Morgan fingerprint density at radius 3 is 2.95 bits per heavy atom. The first-order chi connectivity index (χ1) is 9.33. The molecule has 3 rings (SSSR count). The number of para-hydroxylation sites is 1.